The molecule has 1 aromatic heterocycles. The third-order valence-corrected chi connectivity index (χ3v) is 5.12. The van der Waals surface area contributed by atoms with Gasteiger partial charge in [-0.15, -0.1) is 0 Å². The molecule has 1 aliphatic rings. The minimum absolute atomic E-state index is 0.0560. The van der Waals surface area contributed by atoms with Gasteiger partial charge in [0.15, 0.2) is 5.16 Å². The molecule has 1 unspecified atom stereocenters. The Hall–Kier alpha value is -1.30. The van der Waals surface area contributed by atoms with Crippen LogP contribution in [0.25, 0.3) is 0 Å². The highest BCUT2D eigenvalue weighted by Crippen LogP contribution is 2.28. The standard InChI is InChI=1S/C16H25N3O2S/c1-6-18(7-2)14(21)11-9-19-13(20)8-12(16(3,4)5)17-15(19)22-10-11/h8,11H,6-7,9-10H2,1-5H3. The van der Waals surface area contributed by atoms with Crippen LogP contribution in [0.15, 0.2) is 16.0 Å². The van der Waals surface area contributed by atoms with Crippen LogP contribution in [-0.2, 0) is 16.8 Å². The van der Waals surface area contributed by atoms with Gasteiger partial charge in [-0.05, 0) is 13.8 Å². The highest BCUT2D eigenvalue weighted by atomic mass is 32.2. The van der Waals surface area contributed by atoms with Crippen LogP contribution in [0, 0.1) is 5.92 Å². The van der Waals surface area contributed by atoms with Crippen molar-refractivity contribution in [3.8, 4) is 0 Å². The summed E-state index contributed by atoms with van der Waals surface area (Å²) in [7, 11) is 0. The number of carbonyl (C=O) groups is 1. The summed E-state index contributed by atoms with van der Waals surface area (Å²) in [5, 5.41) is 0.737. The molecule has 0 saturated carbocycles. The number of amides is 1. The van der Waals surface area contributed by atoms with Crippen molar-refractivity contribution in [2.45, 2.75) is 51.7 Å². The van der Waals surface area contributed by atoms with Gasteiger partial charge in [0.2, 0.25) is 5.91 Å². The zero-order chi connectivity index (χ0) is 16.5. The molecule has 0 fully saturated rings. The van der Waals surface area contributed by atoms with Crippen LogP contribution in [-0.4, -0.2) is 39.2 Å². The molecular formula is C16H25N3O2S. The number of rotatable bonds is 3. The predicted molar refractivity (Wildman–Crippen MR) is 89.3 cm³/mol. The highest BCUT2D eigenvalue weighted by molar-refractivity contribution is 7.99. The van der Waals surface area contributed by atoms with Crippen molar-refractivity contribution in [2.75, 3.05) is 18.8 Å². The maximum absolute atomic E-state index is 12.5. The molecule has 1 aliphatic heterocycles. The first kappa shape index (κ1) is 17.1. The third kappa shape index (κ3) is 3.37. The maximum Gasteiger partial charge on any atom is 0.254 e. The van der Waals surface area contributed by atoms with Gasteiger partial charge < -0.3 is 4.90 Å². The summed E-state index contributed by atoms with van der Waals surface area (Å²) in [4.78, 5) is 31.3. The van der Waals surface area contributed by atoms with Crippen LogP contribution in [0.3, 0.4) is 0 Å². The number of hydrogen-bond acceptors (Lipinski definition) is 4. The molecule has 2 heterocycles. The van der Waals surface area contributed by atoms with Crippen LogP contribution in [0.5, 0.6) is 0 Å². The van der Waals surface area contributed by atoms with Gasteiger partial charge in [-0.2, -0.15) is 0 Å². The van der Waals surface area contributed by atoms with Gasteiger partial charge >= 0.3 is 0 Å². The van der Waals surface area contributed by atoms with Gasteiger partial charge in [-0.25, -0.2) is 4.98 Å². The third-order valence-electron chi connectivity index (χ3n) is 3.98. The number of aromatic nitrogens is 2. The molecule has 1 amide bonds. The van der Waals surface area contributed by atoms with Gasteiger partial charge in [0.05, 0.1) is 11.6 Å². The summed E-state index contributed by atoms with van der Waals surface area (Å²) in [5.41, 5.74) is 0.604. The smallest absolute Gasteiger partial charge is 0.254 e. The Morgan fingerprint density at radius 3 is 2.59 bits per heavy atom. The molecular weight excluding hydrogens is 298 g/mol. The predicted octanol–water partition coefficient (Wildman–Crippen LogP) is 2.13. The Bertz CT molecular complexity index is 615. The fraction of sp³-hybridized carbons (Fsp3) is 0.688. The second-order valence-corrected chi connectivity index (χ2v) is 7.63. The molecule has 5 nitrogen and oxygen atoms in total. The Morgan fingerprint density at radius 2 is 2.05 bits per heavy atom. The second-order valence-electron chi connectivity index (χ2n) is 6.64. The lowest BCUT2D eigenvalue weighted by atomic mass is 9.92. The van der Waals surface area contributed by atoms with Crippen LogP contribution in [0.2, 0.25) is 0 Å². The molecule has 0 aromatic carbocycles. The molecule has 6 heteroatoms. The molecule has 122 valence electrons. The van der Waals surface area contributed by atoms with Gasteiger partial charge in [0, 0.05) is 36.9 Å². The van der Waals surface area contributed by atoms with Crippen LogP contribution in [0.1, 0.15) is 40.3 Å². The van der Waals surface area contributed by atoms with E-state index >= 15 is 0 Å². The molecule has 0 radical (unpaired) electrons. The number of carbonyl (C=O) groups excluding carboxylic acids is 1. The van der Waals surface area contributed by atoms with E-state index in [0.717, 1.165) is 10.9 Å². The molecule has 1 atom stereocenters. The summed E-state index contributed by atoms with van der Waals surface area (Å²) in [5.74, 6) is 0.683. The maximum atomic E-state index is 12.5. The number of hydrogen-bond donors (Lipinski definition) is 0. The second kappa shape index (κ2) is 6.44. The van der Waals surface area contributed by atoms with E-state index in [4.69, 9.17) is 0 Å². The van der Waals surface area contributed by atoms with Crippen molar-refractivity contribution in [3.63, 3.8) is 0 Å². The van der Waals surface area contributed by atoms with E-state index in [1.807, 2.05) is 39.5 Å². The topological polar surface area (TPSA) is 55.2 Å². The van der Waals surface area contributed by atoms with E-state index in [9.17, 15) is 9.59 Å². The Kier molecular flexibility index (Phi) is 5.00. The Balaban J connectivity index is 2.29. The average Bonchev–Trinajstić information content (AvgIpc) is 2.47. The van der Waals surface area contributed by atoms with Crippen LogP contribution >= 0.6 is 11.8 Å². The van der Waals surface area contributed by atoms with Crippen molar-refractivity contribution >= 4 is 17.7 Å². The highest BCUT2D eigenvalue weighted by Gasteiger charge is 2.30. The summed E-state index contributed by atoms with van der Waals surface area (Å²) in [6, 6.07) is 1.61. The van der Waals surface area contributed by atoms with Crippen molar-refractivity contribution in [1.82, 2.24) is 14.5 Å². The van der Waals surface area contributed by atoms with E-state index < -0.39 is 0 Å². The number of fused-ring (bicyclic) bond motifs is 1. The minimum Gasteiger partial charge on any atom is -0.343 e. The lowest BCUT2D eigenvalue weighted by Crippen LogP contribution is -2.42. The van der Waals surface area contributed by atoms with Gasteiger partial charge in [-0.1, -0.05) is 32.5 Å². The summed E-state index contributed by atoms with van der Waals surface area (Å²) >= 11 is 1.51. The first-order valence-electron chi connectivity index (χ1n) is 7.81. The molecule has 0 N–H and O–H groups in total. The molecule has 0 aliphatic carbocycles. The van der Waals surface area contributed by atoms with Gasteiger partial charge in [0.1, 0.15) is 0 Å². The van der Waals surface area contributed by atoms with E-state index in [-0.39, 0.29) is 22.8 Å². The Labute approximate surface area is 136 Å². The van der Waals surface area contributed by atoms with E-state index in [1.54, 1.807) is 10.6 Å². The fourth-order valence-corrected chi connectivity index (χ4v) is 3.62. The lowest BCUT2D eigenvalue weighted by molar-refractivity contribution is -0.135. The van der Waals surface area contributed by atoms with E-state index in [1.165, 1.54) is 11.8 Å². The molecule has 22 heavy (non-hydrogen) atoms. The SMILES string of the molecule is CCN(CC)C(=O)C1CSc2nc(C(C)(C)C)cc(=O)n2C1. The normalized spacial score (nSPS) is 18.0. The average molecular weight is 323 g/mol. The number of nitrogens with zero attached hydrogens (tertiary/aromatic N) is 3. The van der Waals surface area contributed by atoms with E-state index in [0.29, 0.717) is 25.4 Å². The first-order chi connectivity index (χ1) is 10.3. The van der Waals surface area contributed by atoms with Crippen molar-refractivity contribution in [2.24, 2.45) is 5.92 Å². The zero-order valence-corrected chi connectivity index (χ0v) is 14.9. The zero-order valence-electron chi connectivity index (χ0n) is 14.0. The molecule has 2 rings (SSSR count). The molecule has 0 bridgehead atoms. The van der Waals surface area contributed by atoms with Crippen molar-refractivity contribution < 1.29 is 4.79 Å². The summed E-state index contributed by atoms with van der Waals surface area (Å²) < 4.78 is 1.65. The van der Waals surface area contributed by atoms with Crippen molar-refractivity contribution in [1.29, 1.82) is 0 Å². The first-order valence-corrected chi connectivity index (χ1v) is 8.80. The number of thioether (sulfide) groups is 1. The summed E-state index contributed by atoms with van der Waals surface area (Å²) in [6.45, 7) is 12.0. The van der Waals surface area contributed by atoms with Gasteiger partial charge in [-0.3, -0.25) is 14.2 Å². The summed E-state index contributed by atoms with van der Waals surface area (Å²) in [6.07, 6.45) is 0. The fourth-order valence-electron chi connectivity index (χ4n) is 2.54. The van der Waals surface area contributed by atoms with Gasteiger partial charge in [0.25, 0.3) is 5.56 Å². The monoisotopic (exact) mass is 323 g/mol. The largest absolute Gasteiger partial charge is 0.343 e. The lowest BCUT2D eigenvalue weighted by Gasteiger charge is -2.29. The van der Waals surface area contributed by atoms with Crippen LogP contribution in [0.4, 0.5) is 0 Å². The van der Waals surface area contributed by atoms with E-state index in [2.05, 4.69) is 4.98 Å². The minimum atomic E-state index is -0.150. The van der Waals surface area contributed by atoms with Crippen LogP contribution < -0.4 is 5.56 Å². The molecule has 0 spiro atoms. The molecule has 1 aromatic rings. The quantitative estimate of drug-likeness (QED) is 0.800. The van der Waals surface area contributed by atoms with Crippen molar-refractivity contribution in [3.05, 3.63) is 22.1 Å². The Morgan fingerprint density at radius 1 is 1.41 bits per heavy atom. The molecule has 0 saturated heterocycles.